The van der Waals surface area contributed by atoms with Gasteiger partial charge in [-0.15, -0.1) is 0 Å². The second-order valence-corrected chi connectivity index (χ2v) is 6.43. The molecule has 5 heteroatoms. The number of amides is 2. The smallest absolute Gasteiger partial charge is 0.313 e. The first kappa shape index (κ1) is 15.0. The van der Waals surface area contributed by atoms with Crippen LogP contribution >= 0.6 is 15.9 Å². The highest BCUT2D eigenvalue weighted by atomic mass is 79.9. The van der Waals surface area contributed by atoms with Gasteiger partial charge in [-0.2, -0.15) is 0 Å². The number of hydrogen-bond acceptors (Lipinski definition) is 2. The average molecular weight is 360 g/mol. The van der Waals surface area contributed by atoms with Crippen LogP contribution in [0.1, 0.15) is 31.5 Å². The maximum Gasteiger partial charge on any atom is 0.322 e. The lowest BCUT2D eigenvalue weighted by Crippen LogP contribution is -2.39. The molecule has 2 aromatic rings. The number of urea groups is 1. The number of carbonyl (C=O) groups excluding carboxylic acids is 1. The van der Waals surface area contributed by atoms with Crippen LogP contribution in [0.4, 0.5) is 10.5 Å². The van der Waals surface area contributed by atoms with Crippen molar-refractivity contribution in [2.75, 3.05) is 5.32 Å². The van der Waals surface area contributed by atoms with Crippen molar-refractivity contribution in [3.8, 4) is 0 Å². The summed E-state index contributed by atoms with van der Waals surface area (Å²) in [6.07, 6.45) is 3.88. The Morgan fingerprint density at radius 3 is 2.77 bits per heavy atom. The van der Waals surface area contributed by atoms with Crippen molar-refractivity contribution in [3.05, 3.63) is 58.8 Å². The van der Waals surface area contributed by atoms with Gasteiger partial charge < -0.3 is 10.2 Å². The molecule has 1 aromatic heterocycles. The topological polar surface area (TPSA) is 45.2 Å². The fraction of sp³-hybridized carbons (Fsp3) is 0.294. The summed E-state index contributed by atoms with van der Waals surface area (Å²) < 4.78 is 0.945. The van der Waals surface area contributed by atoms with Crippen molar-refractivity contribution in [3.63, 3.8) is 0 Å². The highest BCUT2D eigenvalue weighted by Crippen LogP contribution is 2.34. The zero-order chi connectivity index (χ0) is 15.5. The molecule has 0 bridgehead atoms. The fourth-order valence-corrected chi connectivity index (χ4v) is 2.93. The lowest BCUT2D eigenvalue weighted by Gasteiger charge is -2.29. The molecule has 1 N–H and O–H groups in total. The second kappa shape index (κ2) is 6.48. The first-order chi connectivity index (χ1) is 10.6. The van der Waals surface area contributed by atoms with E-state index in [2.05, 4.69) is 26.2 Å². The molecule has 1 saturated carbocycles. The number of rotatable bonds is 4. The Hall–Kier alpha value is -1.88. The lowest BCUT2D eigenvalue weighted by atomic mass is 10.2. The van der Waals surface area contributed by atoms with Gasteiger partial charge in [-0.3, -0.25) is 4.98 Å². The van der Waals surface area contributed by atoms with E-state index < -0.39 is 0 Å². The third-order valence-corrected chi connectivity index (χ3v) is 4.28. The van der Waals surface area contributed by atoms with Crippen molar-refractivity contribution in [2.24, 2.45) is 0 Å². The highest BCUT2D eigenvalue weighted by Gasteiger charge is 2.36. The number of pyridine rings is 1. The number of halogens is 1. The van der Waals surface area contributed by atoms with Gasteiger partial charge in [-0.05, 0) is 50.1 Å². The maximum absolute atomic E-state index is 12.7. The molecule has 1 aliphatic rings. The van der Waals surface area contributed by atoms with Crippen molar-refractivity contribution in [1.82, 2.24) is 9.88 Å². The van der Waals surface area contributed by atoms with E-state index in [-0.39, 0.29) is 12.1 Å². The van der Waals surface area contributed by atoms with Crippen LogP contribution in [0.2, 0.25) is 0 Å². The molecule has 1 heterocycles. The molecule has 22 heavy (non-hydrogen) atoms. The Morgan fingerprint density at radius 2 is 2.14 bits per heavy atom. The standard InChI is InChI=1S/C17H18BrN3O/c1-12(16-7-2-3-10-19-16)21(15-8-9-15)17(22)20-14-6-4-5-13(18)11-14/h2-7,10-12,15H,8-9H2,1H3,(H,20,22)/t12-/m1/s1. The predicted octanol–water partition coefficient (Wildman–Crippen LogP) is 4.60. The van der Waals surface area contributed by atoms with Gasteiger partial charge in [0, 0.05) is 22.4 Å². The van der Waals surface area contributed by atoms with Crippen LogP contribution in [0, 0.1) is 0 Å². The molecule has 3 rings (SSSR count). The van der Waals surface area contributed by atoms with Crippen LogP contribution in [0.5, 0.6) is 0 Å². The van der Waals surface area contributed by atoms with Gasteiger partial charge >= 0.3 is 6.03 Å². The van der Waals surface area contributed by atoms with E-state index in [0.29, 0.717) is 6.04 Å². The van der Waals surface area contributed by atoms with Crippen LogP contribution in [0.15, 0.2) is 53.1 Å². The van der Waals surface area contributed by atoms with Gasteiger partial charge in [0.25, 0.3) is 0 Å². The lowest BCUT2D eigenvalue weighted by molar-refractivity contribution is 0.187. The van der Waals surface area contributed by atoms with Gasteiger partial charge in [-0.1, -0.05) is 28.1 Å². The number of aromatic nitrogens is 1. The van der Waals surface area contributed by atoms with Crippen molar-refractivity contribution < 1.29 is 4.79 Å². The van der Waals surface area contributed by atoms with E-state index in [1.165, 1.54) is 0 Å². The Morgan fingerprint density at radius 1 is 1.32 bits per heavy atom. The predicted molar refractivity (Wildman–Crippen MR) is 90.7 cm³/mol. The normalized spacial score (nSPS) is 15.2. The molecule has 2 amide bonds. The molecule has 1 fully saturated rings. The van der Waals surface area contributed by atoms with E-state index in [0.717, 1.165) is 28.7 Å². The monoisotopic (exact) mass is 359 g/mol. The highest BCUT2D eigenvalue weighted by molar-refractivity contribution is 9.10. The molecule has 0 unspecified atom stereocenters. The Bertz CT molecular complexity index is 658. The molecule has 0 saturated heterocycles. The summed E-state index contributed by atoms with van der Waals surface area (Å²) in [6, 6.07) is 13.6. The quantitative estimate of drug-likeness (QED) is 0.866. The number of nitrogens with one attached hydrogen (secondary N) is 1. The molecular formula is C17H18BrN3O. The minimum absolute atomic E-state index is 0.0409. The Labute approximate surface area is 138 Å². The summed E-state index contributed by atoms with van der Waals surface area (Å²) in [4.78, 5) is 19.0. The SMILES string of the molecule is C[C@H](c1ccccn1)N(C(=O)Nc1cccc(Br)c1)C1CC1. The second-order valence-electron chi connectivity index (χ2n) is 5.51. The minimum Gasteiger partial charge on any atom is -0.313 e. The van der Waals surface area contributed by atoms with Crippen molar-refractivity contribution >= 4 is 27.6 Å². The van der Waals surface area contributed by atoms with Gasteiger partial charge in [0.05, 0.1) is 11.7 Å². The fourth-order valence-electron chi connectivity index (χ4n) is 2.53. The molecule has 114 valence electrons. The molecule has 0 spiro atoms. The number of benzene rings is 1. The largest absolute Gasteiger partial charge is 0.322 e. The first-order valence-electron chi connectivity index (χ1n) is 7.41. The number of hydrogen-bond donors (Lipinski definition) is 1. The van der Waals surface area contributed by atoms with E-state index in [9.17, 15) is 4.79 Å². The van der Waals surface area contributed by atoms with E-state index in [4.69, 9.17) is 0 Å². The number of nitrogens with zero attached hydrogens (tertiary/aromatic N) is 2. The summed E-state index contributed by atoms with van der Waals surface area (Å²) in [5.74, 6) is 0. The van der Waals surface area contributed by atoms with E-state index >= 15 is 0 Å². The summed E-state index contributed by atoms with van der Waals surface area (Å²) >= 11 is 3.42. The Kier molecular flexibility index (Phi) is 4.43. The summed E-state index contributed by atoms with van der Waals surface area (Å²) in [5, 5.41) is 2.98. The van der Waals surface area contributed by atoms with Crippen LogP contribution < -0.4 is 5.32 Å². The van der Waals surface area contributed by atoms with Gasteiger partial charge in [0.2, 0.25) is 0 Å². The average Bonchev–Trinajstić information content (AvgIpc) is 3.33. The van der Waals surface area contributed by atoms with Crippen LogP contribution in [0.3, 0.4) is 0 Å². The summed E-state index contributed by atoms with van der Waals surface area (Å²) in [6.45, 7) is 2.03. The van der Waals surface area contributed by atoms with Gasteiger partial charge in [0.15, 0.2) is 0 Å². The van der Waals surface area contributed by atoms with Crippen LogP contribution in [0.25, 0.3) is 0 Å². The Balaban J connectivity index is 1.77. The van der Waals surface area contributed by atoms with Gasteiger partial charge in [-0.25, -0.2) is 4.79 Å². The van der Waals surface area contributed by atoms with E-state index in [1.807, 2.05) is 54.3 Å². The molecule has 1 aliphatic carbocycles. The number of anilines is 1. The maximum atomic E-state index is 12.7. The first-order valence-corrected chi connectivity index (χ1v) is 8.20. The molecule has 4 nitrogen and oxygen atoms in total. The van der Waals surface area contributed by atoms with Crippen LogP contribution in [-0.2, 0) is 0 Å². The molecule has 0 radical (unpaired) electrons. The zero-order valence-corrected chi connectivity index (χ0v) is 14.0. The molecule has 0 aliphatic heterocycles. The minimum atomic E-state index is -0.0706. The summed E-state index contributed by atoms with van der Waals surface area (Å²) in [5.41, 5.74) is 1.71. The third kappa shape index (κ3) is 3.47. The summed E-state index contributed by atoms with van der Waals surface area (Å²) in [7, 11) is 0. The zero-order valence-electron chi connectivity index (χ0n) is 12.4. The van der Waals surface area contributed by atoms with Crippen LogP contribution in [-0.4, -0.2) is 22.0 Å². The van der Waals surface area contributed by atoms with Crippen molar-refractivity contribution in [1.29, 1.82) is 0 Å². The number of carbonyl (C=O) groups is 1. The molecule has 1 aromatic carbocycles. The third-order valence-electron chi connectivity index (χ3n) is 3.78. The van der Waals surface area contributed by atoms with E-state index in [1.54, 1.807) is 6.20 Å². The molecule has 1 atom stereocenters. The molecular weight excluding hydrogens is 342 g/mol. The van der Waals surface area contributed by atoms with Crippen molar-refractivity contribution in [2.45, 2.75) is 31.8 Å². The van der Waals surface area contributed by atoms with Gasteiger partial charge in [0.1, 0.15) is 0 Å².